The molecule has 1 N–H and O–H groups in total. The summed E-state index contributed by atoms with van der Waals surface area (Å²) in [5, 5.41) is 3.03. The van der Waals surface area contributed by atoms with Crippen LogP contribution in [0.25, 0.3) is 17.5 Å². The highest BCUT2D eigenvalue weighted by atomic mass is 14.9. The lowest BCUT2D eigenvalue weighted by Gasteiger charge is -2.14. The molecule has 0 saturated heterocycles. The molecule has 2 heterocycles. The standard InChI is InChI=1S/C17H23N5/c1-5-12(2)10-15-14(6-7-18-4)17(22-13(3)21-15)16-11-19-8-9-20-16/h6-9,11-12,18H,5,10H2,1-4H3/b7-6-. The van der Waals surface area contributed by atoms with E-state index in [0.717, 1.165) is 41.3 Å². The summed E-state index contributed by atoms with van der Waals surface area (Å²) in [7, 11) is 1.88. The summed E-state index contributed by atoms with van der Waals surface area (Å²) < 4.78 is 0. The van der Waals surface area contributed by atoms with E-state index in [1.807, 2.05) is 26.2 Å². The molecule has 1 unspecified atom stereocenters. The number of hydrogen-bond acceptors (Lipinski definition) is 5. The Bertz CT molecular complexity index is 637. The third kappa shape index (κ3) is 3.87. The lowest BCUT2D eigenvalue weighted by Crippen LogP contribution is -2.08. The molecule has 0 aliphatic rings. The van der Waals surface area contributed by atoms with Crippen molar-refractivity contribution in [2.45, 2.75) is 33.6 Å². The minimum Gasteiger partial charge on any atom is -0.394 e. The molecule has 116 valence electrons. The number of aryl methyl sites for hydroxylation is 1. The summed E-state index contributed by atoms with van der Waals surface area (Å²) in [4.78, 5) is 17.8. The molecule has 2 aromatic heterocycles. The van der Waals surface area contributed by atoms with Gasteiger partial charge in [-0.25, -0.2) is 9.97 Å². The number of nitrogens with zero attached hydrogens (tertiary/aromatic N) is 4. The smallest absolute Gasteiger partial charge is 0.126 e. The van der Waals surface area contributed by atoms with Gasteiger partial charge in [0.2, 0.25) is 0 Å². The Hall–Kier alpha value is -2.30. The van der Waals surface area contributed by atoms with Crippen LogP contribution in [0.3, 0.4) is 0 Å². The van der Waals surface area contributed by atoms with Gasteiger partial charge in [-0.15, -0.1) is 0 Å². The molecule has 0 bridgehead atoms. The van der Waals surface area contributed by atoms with Gasteiger partial charge in [-0.2, -0.15) is 0 Å². The van der Waals surface area contributed by atoms with Gasteiger partial charge in [-0.05, 0) is 31.5 Å². The molecule has 2 aromatic rings. The summed E-state index contributed by atoms with van der Waals surface area (Å²) in [6, 6.07) is 0. The van der Waals surface area contributed by atoms with E-state index in [1.165, 1.54) is 0 Å². The van der Waals surface area contributed by atoms with E-state index in [1.54, 1.807) is 18.6 Å². The Morgan fingerprint density at radius 1 is 1.27 bits per heavy atom. The second-order valence-electron chi connectivity index (χ2n) is 5.41. The topological polar surface area (TPSA) is 63.6 Å². The van der Waals surface area contributed by atoms with Crippen LogP contribution in [-0.2, 0) is 6.42 Å². The number of hydrogen-bond donors (Lipinski definition) is 1. The van der Waals surface area contributed by atoms with Crippen LogP contribution in [-0.4, -0.2) is 27.0 Å². The fourth-order valence-corrected chi connectivity index (χ4v) is 2.23. The molecule has 5 nitrogen and oxygen atoms in total. The van der Waals surface area contributed by atoms with E-state index in [-0.39, 0.29) is 0 Å². The first-order valence-corrected chi connectivity index (χ1v) is 7.63. The minimum atomic E-state index is 0.575. The Labute approximate surface area is 132 Å². The van der Waals surface area contributed by atoms with Crippen LogP contribution >= 0.6 is 0 Å². The molecule has 5 heteroatoms. The van der Waals surface area contributed by atoms with Crippen molar-refractivity contribution >= 4 is 6.08 Å². The molecule has 1 atom stereocenters. The van der Waals surface area contributed by atoms with Crippen LogP contribution in [0.4, 0.5) is 0 Å². The van der Waals surface area contributed by atoms with Gasteiger partial charge in [0.05, 0.1) is 11.9 Å². The van der Waals surface area contributed by atoms with E-state index in [0.29, 0.717) is 5.92 Å². The van der Waals surface area contributed by atoms with Crippen LogP contribution in [0, 0.1) is 12.8 Å². The molecule has 0 aliphatic carbocycles. The van der Waals surface area contributed by atoms with E-state index in [4.69, 9.17) is 0 Å². The third-order valence-corrected chi connectivity index (χ3v) is 3.60. The maximum atomic E-state index is 4.66. The first-order chi connectivity index (χ1) is 10.7. The molecular formula is C17H23N5. The second kappa shape index (κ2) is 7.64. The van der Waals surface area contributed by atoms with Crippen molar-refractivity contribution in [3.05, 3.63) is 41.9 Å². The Morgan fingerprint density at radius 3 is 2.73 bits per heavy atom. The van der Waals surface area contributed by atoms with E-state index < -0.39 is 0 Å². The second-order valence-corrected chi connectivity index (χ2v) is 5.41. The van der Waals surface area contributed by atoms with Gasteiger partial charge in [0.1, 0.15) is 17.2 Å². The van der Waals surface area contributed by atoms with Crippen LogP contribution in [0.5, 0.6) is 0 Å². The first kappa shape index (κ1) is 16.1. The van der Waals surface area contributed by atoms with Crippen molar-refractivity contribution in [1.82, 2.24) is 25.3 Å². The molecule has 0 saturated carbocycles. The highest BCUT2D eigenvalue weighted by molar-refractivity contribution is 5.70. The van der Waals surface area contributed by atoms with Crippen molar-refractivity contribution in [2.24, 2.45) is 5.92 Å². The summed E-state index contributed by atoms with van der Waals surface area (Å²) in [6.45, 7) is 6.36. The Morgan fingerprint density at radius 2 is 2.09 bits per heavy atom. The zero-order valence-corrected chi connectivity index (χ0v) is 13.7. The van der Waals surface area contributed by atoms with Crippen molar-refractivity contribution < 1.29 is 0 Å². The summed E-state index contributed by atoms with van der Waals surface area (Å²) >= 11 is 0. The number of nitrogens with one attached hydrogen (secondary N) is 1. The average molecular weight is 297 g/mol. The molecule has 0 radical (unpaired) electrons. The van der Waals surface area contributed by atoms with Gasteiger partial charge in [-0.3, -0.25) is 9.97 Å². The lowest BCUT2D eigenvalue weighted by atomic mass is 9.97. The zero-order valence-electron chi connectivity index (χ0n) is 13.7. The molecule has 0 fully saturated rings. The molecule has 22 heavy (non-hydrogen) atoms. The summed E-state index contributed by atoms with van der Waals surface area (Å²) in [5.41, 5.74) is 3.69. The highest BCUT2D eigenvalue weighted by Gasteiger charge is 2.15. The quantitative estimate of drug-likeness (QED) is 0.888. The van der Waals surface area contributed by atoms with E-state index in [9.17, 15) is 0 Å². The monoisotopic (exact) mass is 297 g/mol. The number of aromatic nitrogens is 4. The van der Waals surface area contributed by atoms with Crippen LogP contribution in [0.1, 0.15) is 37.4 Å². The highest BCUT2D eigenvalue weighted by Crippen LogP contribution is 2.25. The van der Waals surface area contributed by atoms with Crippen molar-refractivity contribution in [2.75, 3.05) is 7.05 Å². The normalized spacial score (nSPS) is 12.5. The maximum Gasteiger partial charge on any atom is 0.126 e. The predicted octanol–water partition coefficient (Wildman–Crippen LogP) is 3.02. The van der Waals surface area contributed by atoms with Gasteiger partial charge in [0.25, 0.3) is 0 Å². The van der Waals surface area contributed by atoms with Gasteiger partial charge >= 0.3 is 0 Å². The van der Waals surface area contributed by atoms with Gasteiger partial charge in [0, 0.05) is 25.0 Å². The van der Waals surface area contributed by atoms with E-state index in [2.05, 4.69) is 39.1 Å². The van der Waals surface area contributed by atoms with Gasteiger partial charge in [0.15, 0.2) is 0 Å². The fraction of sp³-hybridized carbons (Fsp3) is 0.412. The van der Waals surface area contributed by atoms with Crippen LogP contribution < -0.4 is 5.32 Å². The van der Waals surface area contributed by atoms with Crippen molar-refractivity contribution in [3.63, 3.8) is 0 Å². The molecule has 0 amide bonds. The Balaban J connectivity index is 2.58. The largest absolute Gasteiger partial charge is 0.394 e. The van der Waals surface area contributed by atoms with E-state index >= 15 is 0 Å². The predicted molar refractivity (Wildman–Crippen MR) is 89.0 cm³/mol. The van der Waals surface area contributed by atoms with Gasteiger partial charge < -0.3 is 5.32 Å². The molecule has 2 rings (SSSR count). The maximum absolute atomic E-state index is 4.66. The lowest BCUT2D eigenvalue weighted by molar-refractivity contribution is 0.550. The average Bonchev–Trinajstić information content (AvgIpc) is 2.54. The first-order valence-electron chi connectivity index (χ1n) is 7.63. The van der Waals surface area contributed by atoms with Crippen LogP contribution in [0.2, 0.25) is 0 Å². The minimum absolute atomic E-state index is 0.575. The van der Waals surface area contributed by atoms with Crippen LogP contribution in [0.15, 0.2) is 24.8 Å². The third-order valence-electron chi connectivity index (χ3n) is 3.60. The SMILES string of the molecule is CCC(C)Cc1nc(C)nc(-c2cnccn2)c1/C=C\NC. The molecular weight excluding hydrogens is 274 g/mol. The van der Waals surface area contributed by atoms with Crippen molar-refractivity contribution in [1.29, 1.82) is 0 Å². The summed E-state index contributed by atoms with van der Waals surface area (Å²) in [5.74, 6) is 1.34. The van der Waals surface area contributed by atoms with Gasteiger partial charge in [-0.1, -0.05) is 20.3 Å². The fourth-order valence-electron chi connectivity index (χ4n) is 2.23. The molecule has 0 aliphatic heterocycles. The zero-order chi connectivity index (χ0) is 15.9. The van der Waals surface area contributed by atoms with Crippen molar-refractivity contribution in [3.8, 4) is 11.4 Å². The number of rotatable bonds is 6. The Kier molecular flexibility index (Phi) is 5.58. The molecule has 0 spiro atoms. The summed E-state index contributed by atoms with van der Waals surface area (Å²) in [6.07, 6.45) is 11.1. The molecule has 0 aromatic carbocycles.